The van der Waals surface area contributed by atoms with Crippen molar-refractivity contribution in [2.75, 3.05) is 13.7 Å². The molecule has 1 aliphatic rings. The molecule has 0 aliphatic carbocycles. The summed E-state index contributed by atoms with van der Waals surface area (Å²) in [5, 5.41) is 3.37. The Kier molecular flexibility index (Phi) is 6.40. The van der Waals surface area contributed by atoms with E-state index in [-0.39, 0.29) is 24.1 Å². The molecule has 1 N–H and O–H groups in total. The third-order valence-corrected chi connectivity index (χ3v) is 4.94. The number of carbonyl (C=O) groups is 1. The Labute approximate surface area is 158 Å². The van der Waals surface area contributed by atoms with Gasteiger partial charge in [0.25, 0.3) is 0 Å². The highest BCUT2D eigenvalue weighted by molar-refractivity contribution is 5.78. The molecular formula is C21H24F2N2O2. The van der Waals surface area contributed by atoms with Crippen LogP contribution in [-0.4, -0.2) is 30.5 Å². The van der Waals surface area contributed by atoms with Crippen molar-refractivity contribution >= 4 is 5.91 Å². The fourth-order valence-corrected chi connectivity index (χ4v) is 3.45. The van der Waals surface area contributed by atoms with Crippen LogP contribution < -0.4 is 10.1 Å². The first-order valence-corrected chi connectivity index (χ1v) is 9.14. The molecule has 2 aromatic rings. The van der Waals surface area contributed by atoms with Crippen molar-refractivity contribution in [3.63, 3.8) is 0 Å². The quantitative estimate of drug-likeness (QED) is 0.718. The van der Waals surface area contributed by atoms with Crippen molar-refractivity contribution < 1.29 is 18.3 Å². The summed E-state index contributed by atoms with van der Waals surface area (Å²) >= 11 is 0. The molecule has 1 heterocycles. The fraction of sp³-hybridized carbons (Fsp3) is 0.381. The van der Waals surface area contributed by atoms with E-state index >= 15 is 0 Å². The van der Waals surface area contributed by atoms with Crippen LogP contribution in [0, 0.1) is 11.6 Å². The number of amides is 1. The summed E-state index contributed by atoms with van der Waals surface area (Å²) in [6.45, 7) is 1.55. The van der Waals surface area contributed by atoms with Gasteiger partial charge in [-0.1, -0.05) is 24.3 Å². The number of methoxy groups -OCH3 is 1. The number of rotatable bonds is 8. The topological polar surface area (TPSA) is 41.6 Å². The highest BCUT2D eigenvalue weighted by Gasteiger charge is 2.31. The Bertz CT molecular complexity index is 798. The first-order valence-electron chi connectivity index (χ1n) is 9.14. The van der Waals surface area contributed by atoms with Gasteiger partial charge in [-0.05, 0) is 43.1 Å². The summed E-state index contributed by atoms with van der Waals surface area (Å²) < 4.78 is 32.6. The van der Waals surface area contributed by atoms with E-state index < -0.39 is 11.6 Å². The second-order valence-electron chi connectivity index (χ2n) is 6.74. The fourth-order valence-electron chi connectivity index (χ4n) is 3.45. The van der Waals surface area contributed by atoms with E-state index in [1.54, 1.807) is 12.0 Å². The standard InChI is InChI=1S/C21H24F2N2O2/c1-27-18-6-2-4-15(12-18)13-24-11-10-17-8-9-20(26)25(17)14-16-5-3-7-19(22)21(16)23/h2-7,12,17,24H,8-11,13-14H2,1H3. The number of nitrogens with one attached hydrogen (secondary N) is 1. The molecule has 4 nitrogen and oxygen atoms in total. The lowest BCUT2D eigenvalue weighted by atomic mass is 10.1. The van der Waals surface area contributed by atoms with Gasteiger partial charge in [0.1, 0.15) is 5.75 Å². The molecule has 0 radical (unpaired) electrons. The molecular weight excluding hydrogens is 350 g/mol. The predicted molar refractivity (Wildman–Crippen MR) is 99.2 cm³/mol. The molecule has 0 bridgehead atoms. The zero-order valence-corrected chi connectivity index (χ0v) is 15.4. The van der Waals surface area contributed by atoms with Crippen LogP contribution in [-0.2, 0) is 17.9 Å². The highest BCUT2D eigenvalue weighted by Crippen LogP contribution is 2.25. The van der Waals surface area contributed by atoms with E-state index in [9.17, 15) is 13.6 Å². The Balaban J connectivity index is 1.52. The molecule has 144 valence electrons. The molecule has 2 aromatic carbocycles. The van der Waals surface area contributed by atoms with Crippen LogP contribution in [0.15, 0.2) is 42.5 Å². The number of halogens is 2. The van der Waals surface area contributed by atoms with Crippen LogP contribution >= 0.6 is 0 Å². The number of carbonyl (C=O) groups excluding carboxylic acids is 1. The molecule has 1 atom stereocenters. The minimum Gasteiger partial charge on any atom is -0.497 e. The maximum Gasteiger partial charge on any atom is 0.223 e. The molecule has 27 heavy (non-hydrogen) atoms. The first-order chi connectivity index (χ1) is 13.1. The van der Waals surface area contributed by atoms with Crippen molar-refractivity contribution in [1.82, 2.24) is 10.2 Å². The number of likely N-dealkylation sites (tertiary alicyclic amines) is 1. The Morgan fingerprint density at radius 2 is 2.04 bits per heavy atom. The predicted octanol–water partition coefficient (Wildman–Crippen LogP) is 3.64. The van der Waals surface area contributed by atoms with Gasteiger partial charge < -0.3 is 15.0 Å². The molecule has 1 aliphatic heterocycles. The maximum atomic E-state index is 13.9. The third kappa shape index (κ3) is 4.83. The highest BCUT2D eigenvalue weighted by atomic mass is 19.2. The summed E-state index contributed by atoms with van der Waals surface area (Å²) in [6.07, 6.45) is 1.97. The van der Waals surface area contributed by atoms with Crippen molar-refractivity contribution in [2.24, 2.45) is 0 Å². The Morgan fingerprint density at radius 1 is 1.22 bits per heavy atom. The summed E-state index contributed by atoms with van der Waals surface area (Å²) in [5.74, 6) is -0.932. The first kappa shape index (κ1) is 19.3. The van der Waals surface area contributed by atoms with Gasteiger partial charge >= 0.3 is 0 Å². The van der Waals surface area contributed by atoms with Gasteiger partial charge in [-0.25, -0.2) is 8.78 Å². The smallest absolute Gasteiger partial charge is 0.223 e. The molecule has 0 saturated carbocycles. The monoisotopic (exact) mass is 374 g/mol. The molecule has 1 fully saturated rings. The van der Waals surface area contributed by atoms with Gasteiger partial charge in [-0.2, -0.15) is 0 Å². The summed E-state index contributed by atoms with van der Waals surface area (Å²) in [5.41, 5.74) is 1.34. The molecule has 1 amide bonds. The van der Waals surface area contributed by atoms with Crippen molar-refractivity contribution in [1.29, 1.82) is 0 Å². The number of hydrogen-bond acceptors (Lipinski definition) is 3. The van der Waals surface area contributed by atoms with Gasteiger partial charge in [0.05, 0.1) is 7.11 Å². The van der Waals surface area contributed by atoms with Gasteiger partial charge in [0, 0.05) is 31.1 Å². The van der Waals surface area contributed by atoms with Crippen molar-refractivity contribution in [3.05, 3.63) is 65.2 Å². The van der Waals surface area contributed by atoms with Crippen LogP contribution in [0.25, 0.3) is 0 Å². The van der Waals surface area contributed by atoms with Crippen LogP contribution in [0.4, 0.5) is 8.78 Å². The van der Waals surface area contributed by atoms with Crippen LogP contribution in [0.3, 0.4) is 0 Å². The number of nitrogens with zero attached hydrogens (tertiary/aromatic N) is 1. The Morgan fingerprint density at radius 3 is 2.85 bits per heavy atom. The average molecular weight is 374 g/mol. The molecule has 3 rings (SSSR count). The molecule has 0 spiro atoms. The van der Waals surface area contributed by atoms with E-state index in [1.807, 2.05) is 24.3 Å². The van der Waals surface area contributed by atoms with Gasteiger partial charge in [0.2, 0.25) is 5.91 Å². The zero-order chi connectivity index (χ0) is 19.2. The minimum absolute atomic E-state index is 0.00328. The van der Waals surface area contributed by atoms with E-state index in [0.29, 0.717) is 13.0 Å². The Hall–Kier alpha value is -2.47. The van der Waals surface area contributed by atoms with E-state index in [1.165, 1.54) is 12.1 Å². The lowest BCUT2D eigenvalue weighted by Crippen LogP contribution is -2.35. The lowest BCUT2D eigenvalue weighted by Gasteiger charge is -2.25. The van der Waals surface area contributed by atoms with Crippen LogP contribution in [0.1, 0.15) is 30.4 Å². The van der Waals surface area contributed by atoms with Gasteiger partial charge in [-0.15, -0.1) is 0 Å². The molecule has 1 unspecified atom stereocenters. The summed E-state index contributed by atoms with van der Waals surface area (Å²) in [6, 6.07) is 12.0. The van der Waals surface area contributed by atoms with E-state index in [2.05, 4.69) is 5.32 Å². The third-order valence-electron chi connectivity index (χ3n) is 4.94. The van der Waals surface area contributed by atoms with E-state index in [0.717, 1.165) is 36.8 Å². The SMILES string of the molecule is COc1cccc(CNCCC2CCC(=O)N2Cc2cccc(F)c2F)c1. The lowest BCUT2D eigenvalue weighted by molar-refractivity contribution is -0.129. The van der Waals surface area contributed by atoms with E-state index in [4.69, 9.17) is 4.74 Å². The molecule has 6 heteroatoms. The van der Waals surface area contributed by atoms with Crippen LogP contribution in [0.5, 0.6) is 5.75 Å². The molecule has 0 aromatic heterocycles. The average Bonchev–Trinajstić information content (AvgIpc) is 3.02. The zero-order valence-electron chi connectivity index (χ0n) is 15.4. The second-order valence-corrected chi connectivity index (χ2v) is 6.74. The molecule has 1 saturated heterocycles. The number of hydrogen-bond donors (Lipinski definition) is 1. The number of ether oxygens (including phenoxy) is 1. The number of benzene rings is 2. The van der Waals surface area contributed by atoms with Gasteiger partial charge in [0.15, 0.2) is 11.6 Å². The van der Waals surface area contributed by atoms with Crippen molar-refractivity contribution in [2.45, 2.75) is 38.4 Å². The second kappa shape index (κ2) is 8.95. The van der Waals surface area contributed by atoms with Crippen molar-refractivity contribution in [3.8, 4) is 5.75 Å². The van der Waals surface area contributed by atoms with Gasteiger partial charge in [-0.3, -0.25) is 4.79 Å². The normalized spacial score (nSPS) is 16.8. The maximum absolute atomic E-state index is 13.9. The van der Waals surface area contributed by atoms with Crippen LogP contribution in [0.2, 0.25) is 0 Å². The summed E-state index contributed by atoms with van der Waals surface area (Å²) in [7, 11) is 1.64. The summed E-state index contributed by atoms with van der Waals surface area (Å²) in [4.78, 5) is 13.9. The minimum atomic E-state index is -0.879. The largest absolute Gasteiger partial charge is 0.497 e.